The Kier molecular flexibility index (Phi) is 6.13. The molecule has 1 heterocycles. The van der Waals surface area contributed by atoms with Gasteiger partial charge in [-0.3, -0.25) is 4.72 Å². The number of nitrogens with zero attached hydrogens (tertiary/aromatic N) is 1. The highest BCUT2D eigenvalue weighted by Gasteiger charge is 2.15. The van der Waals surface area contributed by atoms with Crippen LogP contribution in [-0.2, 0) is 10.0 Å². The van der Waals surface area contributed by atoms with Crippen LogP contribution in [0.4, 0.5) is 5.69 Å². The number of benzene rings is 2. The van der Waals surface area contributed by atoms with Gasteiger partial charge in [0.1, 0.15) is 5.75 Å². The Balaban J connectivity index is 1.74. The molecule has 3 aromatic rings. The molecule has 142 valence electrons. The molecule has 0 unspecified atom stereocenters. The highest BCUT2D eigenvalue weighted by atomic mass is 32.2. The maximum absolute atomic E-state index is 12.7. The molecule has 0 radical (unpaired) electrons. The van der Waals surface area contributed by atoms with Gasteiger partial charge in [-0.25, -0.2) is 13.4 Å². The van der Waals surface area contributed by atoms with Gasteiger partial charge in [-0.1, -0.05) is 25.5 Å². The van der Waals surface area contributed by atoms with Crippen LogP contribution in [0.25, 0.3) is 11.3 Å². The highest BCUT2D eigenvalue weighted by molar-refractivity contribution is 7.92. The predicted octanol–water partition coefficient (Wildman–Crippen LogP) is 5.10. The summed E-state index contributed by atoms with van der Waals surface area (Å²) in [7, 11) is -3.67. The Labute approximate surface area is 164 Å². The minimum Gasteiger partial charge on any atom is -0.494 e. The van der Waals surface area contributed by atoms with Gasteiger partial charge in [-0.05, 0) is 49.7 Å². The van der Waals surface area contributed by atoms with Gasteiger partial charge in [-0.15, -0.1) is 11.3 Å². The van der Waals surface area contributed by atoms with Crippen LogP contribution in [0.2, 0.25) is 0 Å². The predicted molar refractivity (Wildman–Crippen MR) is 110 cm³/mol. The van der Waals surface area contributed by atoms with Crippen molar-refractivity contribution in [2.24, 2.45) is 0 Å². The minimum absolute atomic E-state index is 0.195. The summed E-state index contributed by atoms with van der Waals surface area (Å²) in [4.78, 5) is 4.64. The van der Waals surface area contributed by atoms with Gasteiger partial charge in [-0.2, -0.15) is 0 Å². The van der Waals surface area contributed by atoms with Crippen LogP contribution in [0.15, 0.2) is 58.8 Å². The smallest absolute Gasteiger partial charge is 0.261 e. The summed E-state index contributed by atoms with van der Waals surface area (Å²) in [5.74, 6) is 0.670. The molecule has 0 atom stereocenters. The van der Waals surface area contributed by atoms with E-state index in [1.165, 1.54) is 0 Å². The quantitative estimate of drug-likeness (QED) is 0.532. The van der Waals surface area contributed by atoms with Crippen molar-refractivity contribution in [1.82, 2.24) is 4.98 Å². The number of thiazole rings is 1. The third kappa shape index (κ3) is 5.08. The number of hydrogen-bond acceptors (Lipinski definition) is 5. The summed E-state index contributed by atoms with van der Waals surface area (Å²) in [6.45, 7) is 4.66. The molecule has 7 heteroatoms. The molecule has 5 nitrogen and oxygen atoms in total. The molecule has 0 aliphatic heterocycles. The fourth-order valence-corrected chi connectivity index (χ4v) is 4.17. The van der Waals surface area contributed by atoms with Crippen molar-refractivity contribution in [2.75, 3.05) is 11.3 Å². The van der Waals surface area contributed by atoms with E-state index in [-0.39, 0.29) is 4.90 Å². The van der Waals surface area contributed by atoms with Crippen molar-refractivity contribution in [2.45, 2.75) is 31.6 Å². The van der Waals surface area contributed by atoms with Crippen LogP contribution in [0.5, 0.6) is 5.75 Å². The van der Waals surface area contributed by atoms with Crippen molar-refractivity contribution < 1.29 is 13.2 Å². The second-order valence-electron chi connectivity index (χ2n) is 6.11. The second-order valence-corrected chi connectivity index (χ2v) is 8.86. The van der Waals surface area contributed by atoms with Gasteiger partial charge < -0.3 is 4.74 Å². The molecule has 1 N–H and O–H groups in total. The Bertz CT molecular complexity index is 996. The van der Waals surface area contributed by atoms with Gasteiger partial charge in [0.25, 0.3) is 10.0 Å². The van der Waals surface area contributed by atoms with Crippen LogP contribution in [0, 0.1) is 6.92 Å². The summed E-state index contributed by atoms with van der Waals surface area (Å²) in [5, 5.41) is 2.93. The topological polar surface area (TPSA) is 68.3 Å². The lowest BCUT2D eigenvalue weighted by Crippen LogP contribution is -2.13. The van der Waals surface area contributed by atoms with Gasteiger partial charge in [0.2, 0.25) is 0 Å². The summed E-state index contributed by atoms with van der Waals surface area (Å²) in [6, 6.07) is 13.7. The second kappa shape index (κ2) is 8.54. The minimum atomic E-state index is -3.67. The SMILES string of the molecule is CCCCOc1ccc(S(=O)(=O)Nc2cccc(-c3csc(C)n3)c2)cc1. The Morgan fingerprint density at radius 1 is 1.15 bits per heavy atom. The standard InChI is InChI=1S/C20H22N2O3S2/c1-3-4-12-25-18-8-10-19(11-9-18)27(23,24)22-17-7-5-6-16(13-17)20-14-26-15(2)21-20/h5-11,13-14,22H,3-4,12H2,1-2H3. The number of nitrogens with one attached hydrogen (secondary N) is 1. The van der Waals surface area contributed by atoms with E-state index in [0.29, 0.717) is 18.0 Å². The maximum atomic E-state index is 12.7. The van der Waals surface area contributed by atoms with E-state index >= 15 is 0 Å². The molecule has 0 aliphatic rings. The number of hydrogen-bond donors (Lipinski definition) is 1. The molecule has 0 saturated heterocycles. The van der Waals surface area contributed by atoms with E-state index in [0.717, 1.165) is 29.1 Å². The number of rotatable bonds is 8. The van der Waals surface area contributed by atoms with Crippen molar-refractivity contribution in [1.29, 1.82) is 0 Å². The Hall–Kier alpha value is -2.38. The highest BCUT2D eigenvalue weighted by Crippen LogP contribution is 2.26. The van der Waals surface area contributed by atoms with E-state index in [1.54, 1.807) is 47.7 Å². The number of aryl methyl sites for hydroxylation is 1. The first-order valence-electron chi connectivity index (χ1n) is 8.76. The largest absolute Gasteiger partial charge is 0.494 e. The van der Waals surface area contributed by atoms with E-state index in [9.17, 15) is 8.42 Å². The summed E-state index contributed by atoms with van der Waals surface area (Å²) in [6.07, 6.45) is 2.02. The number of sulfonamides is 1. The van der Waals surface area contributed by atoms with Crippen LogP contribution < -0.4 is 9.46 Å². The lowest BCUT2D eigenvalue weighted by atomic mass is 10.1. The molecule has 3 rings (SSSR count). The molecule has 1 aromatic heterocycles. The third-order valence-corrected chi connectivity index (χ3v) is 6.10. The first-order chi connectivity index (χ1) is 13.0. The monoisotopic (exact) mass is 402 g/mol. The molecular formula is C20H22N2O3S2. The van der Waals surface area contributed by atoms with Crippen LogP contribution >= 0.6 is 11.3 Å². The average molecular weight is 403 g/mol. The molecule has 0 spiro atoms. The number of aromatic nitrogens is 1. The number of unbranched alkanes of at least 4 members (excludes halogenated alkanes) is 1. The van der Waals surface area contributed by atoms with Crippen molar-refractivity contribution in [3.8, 4) is 17.0 Å². The zero-order valence-corrected chi connectivity index (χ0v) is 16.9. The van der Waals surface area contributed by atoms with E-state index in [1.807, 2.05) is 24.4 Å². The fourth-order valence-electron chi connectivity index (χ4n) is 2.50. The zero-order chi connectivity index (χ0) is 19.3. The molecule has 0 bridgehead atoms. The maximum Gasteiger partial charge on any atom is 0.261 e. The van der Waals surface area contributed by atoms with Gasteiger partial charge in [0, 0.05) is 16.6 Å². The summed E-state index contributed by atoms with van der Waals surface area (Å²) in [5.41, 5.74) is 2.22. The van der Waals surface area contributed by atoms with Gasteiger partial charge in [0.05, 0.1) is 22.2 Å². The van der Waals surface area contributed by atoms with Gasteiger partial charge in [0.15, 0.2) is 0 Å². The molecular weight excluding hydrogens is 380 g/mol. The van der Waals surface area contributed by atoms with Crippen molar-refractivity contribution in [3.05, 3.63) is 58.9 Å². The molecule has 27 heavy (non-hydrogen) atoms. The van der Waals surface area contributed by atoms with Crippen molar-refractivity contribution >= 4 is 27.0 Å². The molecule has 0 amide bonds. The molecule has 0 saturated carbocycles. The lowest BCUT2D eigenvalue weighted by molar-refractivity contribution is 0.309. The normalized spacial score (nSPS) is 11.3. The van der Waals surface area contributed by atoms with E-state index in [4.69, 9.17) is 4.74 Å². The zero-order valence-electron chi connectivity index (χ0n) is 15.3. The summed E-state index contributed by atoms with van der Waals surface area (Å²) >= 11 is 1.56. The van der Waals surface area contributed by atoms with Crippen molar-refractivity contribution in [3.63, 3.8) is 0 Å². The molecule has 0 fully saturated rings. The first-order valence-corrected chi connectivity index (χ1v) is 11.1. The summed E-state index contributed by atoms with van der Waals surface area (Å²) < 4.78 is 33.5. The number of ether oxygens (including phenoxy) is 1. The first kappa shape index (κ1) is 19.4. The van der Waals surface area contributed by atoms with E-state index in [2.05, 4.69) is 16.6 Å². The van der Waals surface area contributed by atoms with Crippen LogP contribution in [0.1, 0.15) is 24.8 Å². The average Bonchev–Trinajstić information content (AvgIpc) is 3.09. The van der Waals surface area contributed by atoms with Crippen LogP contribution in [-0.4, -0.2) is 20.0 Å². The van der Waals surface area contributed by atoms with Crippen LogP contribution in [0.3, 0.4) is 0 Å². The fraction of sp³-hybridized carbons (Fsp3) is 0.250. The number of anilines is 1. The van der Waals surface area contributed by atoms with Gasteiger partial charge >= 0.3 is 0 Å². The molecule has 2 aromatic carbocycles. The molecule has 0 aliphatic carbocycles. The lowest BCUT2D eigenvalue weighted by Gasteiger charge is -2.10. The Morgan fingerprint density at radius 2 is 1.93 bits per heavy atom. The van der Waals surface area contributed by atoms with E-state index < -0.39 is 10.0 Å². The third-order valence-electron chi connectivity index (χ3n) is 3.93. The Morgan fingerprint density at radius 3 is 2.59 bits per heavy atom.